The molecule has 1 amide bonds. The summed E-state index contributed by atoms with van der Waals surface area (Å²) in [6, 6.07) is 4.51. The van der Waals surface area contributed by atoms with Crippen LogP contribution in [0.2, 0.25) is 0 Å². The second-order valence-corrected chi connectivity index (χ2v) is 6.93. The lowest BCUT2D eigenvalue weighted by Crippen LogP contribution is -2.46. The third-order valence-electron chi connectivity index (χ3n) is 4.45. The van der Waals surface area contributed by atoms with Gasteiger partial charge in [-0.05, 0) is 56.9 Å². The molecule has 1 fully saturated rings. The molecule has 0 aliphatic carbocycles. The van der Waals surface area contributed by atoms with E-state index in [9.17, 15) is 4.79 Å². The summed E-state index contributed by atoms with van der Waals surface area (Å²) >= 11 is 0. The molecular weight excluding hydrogens is 288 g/mol. The van der Waals surface area contributed by atoms with Crippen LogP contribution < -0.4 is 10.6 Å². The fourth-order valence-corrected chi connectivity index (χ4v) is 3.17. The maximum absolute atomic E-state index is 12.5. The second kappa shape index (κ2) is 8.99. The van der Waals surface area contributed by atoms with Crippen molar-refractivity contribution in [2.24, 2.45) is 5.92 Å². The molecule has 1 aliphatic heterocycles. The van der Waals surface area contributed by atoms with Crippen LogP contribution in [-0.2, 0) is 4.79 Å². The molecule has 0 saturated carbocycles. The Morgan fingerprint density at radius 2 is 2.17 bits per heavy atom. The number of hydrogen-bond donors (Lipinski definition) is 2. The van der Waals surface area contributed by atoms with E-state index in [1.807, 2.05) is 18.3 Å². The summed E-state index contributed by atoms with van der Waals surface area (Å²) in [5.41, 5.74) is 1.08. The first-order valence-electron chi connectivity index (χ1n) is 8.66. The van der Waals surface area contributed by atoms with Crippen molar-refractivity contribution in [3.05, 3.63) is 30.1 Å². The Labute approximate surface area is 139 Å². The van der Waals surface area contributed by atoms with Gasteiger partial charge in [-0.2, -0.15) is 0 Å². The zero-order valence-corrected chi connectivity index (χ0v) is 14.6. The van der Waals surface area contributed by atoms with Gasteiger partial charge in [0.15, 0.2) is 0 Å². The number of aromatic nitrogens is 1. The van der Waals surface area contributed by atoms with Crippen LogP contribution in [-0.4, -0.2) is 48.5 Å². The Kier molecular flexibility index (Phi) is 6.99. The van der Waals surface area contributed by atoms with Gasteiger partial charge in [-0.25, -0.2) is 0 Å². The standard InChI is InChI=1S/C18H30N4O/c1-14(2)11-17(15-5-4-8-20-12-15)21-18(23)13-22(3)16-6-9-19-10-7-16/h4-5,8,12,14,16-17,19H,6-7,9-11,13H2,1-3H3,(H,21,23)/t17-/m1/s1. The molecule has 1 aromatic heterocycles. The highest BCUT2D eigenvalue weighted by Crippen LogP contribution is 2.20. The van der Waals surface area contributed by atoms with E-state index >= 15 is 0 Å². The molecule has 23 heavy (non-hydrogen) atoms. The minimum atomic E-state index is 0.0395. The molecule has 1 aromatic rings. The van der Waals surface area contributed by atoms with Crippen LogP contribution in [0.3, 0.4) is 0 Å². The lowest BCUT2D eigenvalue weighted by molar-refractivity contribution is -0.123. The van der Waals surface area contributed by atoms with E-state index in [1.165, 1.54) is 0 Å². The number of likely N-dealkylation sites (N-methyl/N-ethyl adjacent to an activating group) is 1. The number of nitrogens with zero attached hydrogens (tertiary/aromatic N) is 2. The summed E-state index contributed by atoms with van der Waals surface area (Å²) in [6.07, 6.45) is 6.77. The van der Waals surface area contributed by atoms with Gasteiger partial charge in [0.25, 0.3) is 0 Å². The maximum atomic E-state index is 12.5. The fraction of sp³-hybridized carbons (Fsp3) is 0.667. The van der Waals surface area contributed by atoms with Crippen LogP contribution in [0.5, 0.6) is 0 Å². The molecule has 2 rings (SSSR count). The van der Waals surface area contributed by atoms with Crippen LogP contribution in [0.25, 0.3) is 0 Å². The van der Waals surface area contributed by atoms with Crippen molar-refractivity contribution in [1.29, 1.82) is 0 Å². The van der Waals surface area contributed by atoms with Gasteiger partial charge in [0.1, 0.15) is 0 Å². The number of carbonyl (C=O) groups excluding carboxylic acids is 1. The van der Waals surface area contributed by atoms with Gasteiger partial charge in [-0.15, -0.1) is 0 Å². The SMILES string of the molecule is CC(C)C[C@@H](NC(=O)CN(C)C1CCNCC1)c1cccnc1. The third kappa shape index (κ3) is 5.92. The van der Waals surface area contributed by atoms with E-state index in [2.05, 4.69) is 41.4 Å². The van der Waals surface area contributed by atoms with Crippen molar-refractivity contribution < 1.29 is 4.79 Å². The van der Waals surface area contributed by atoms with Crippen LogP contribution in [0.1, 0.15) is 44.7 Å². The van der Waals surface area contributed by atoms with Gasteiger partial charge in [0, 0.05) is 18.4 Å². The van der Waals surface area contributed by atoms with E-state index in [-0.39, 0.29) is 11.9 Å². The number of piperidine rings is 1. The van der Waals surface area contributed by atoms with Gasteiger partial charge in [0.2, 0.25) is 5.91 Å². The molecule has 2 N–H and O–H groups in total. The van der Waals surface area contributed by atoms with Crippen LogP contribution in [0, 0.1) is 5.92 Å². The van der Waals surface area contributed by atoms with E-state index in [0.29, 0.717) is 18.5 Å². The topological polar surface area (TPSA) is 57.3 Å². The quantitative estimate of drug-likeness (QED) is 0.807. The zero-order chi connectivity index (χ0) is 16.7. The van der Waals surface area contributed by atoms with Gasteiger partial charge in [0.05, 0.1) is 12.6 Å². The number of rotatable bonds is 7. The zero-order valence-electron chi connectivity index (χ0n) is 14.6. The molecule has 0 aromatic carbocycles. The predicted octanol–water partition coefficient (Wildman–Crippen LogP) is 1.97. The maximum Gasteiger partial charge on any atom is 0.234 e. The average Bonchev–Trinajstić information content (AvgIpc) is 2.55. The molecule has 5 nitrogen and oxygen atoms in total. The Hall–Kier alpha value is -1.46. The summed E-state index contributed by atoms with van der Waals surface area (Å²) in [6.45, 7) is 6.90. The molecular formula is C18H30N4O. The van der Waals surface area contributed by atoms with Crippen molar-refractivity contribution in [1.82, 2.24) is 20.5 Å². The van der Waals surface area contributed by atoms with Crippen molar-refractivity contribution in [3.8, 4) is 0 Å². The molecule has 1 aliphatic rings. The first kappa shape index (κ1) is 17.9. The Balaban J connectivity index is 1.91. The smallest absolute Gasteiger partial charge is 0.234 e. The van der Waals surface area contributed by atoms with E-state index in [0.717, 1.165) is 37.9 Å². The lowest BCUT2D eigenvalue weighted by atomic mass is 9.98. The van der Waals surface area contributed by atoms with Gasteiger partial charge in [-0.3, -0.25) is 14.7 Å². The second-order valence-electron chi connectivity index (χ2n) is 6.93. The van der Waals surface area contributed by atoms with Crippen molar-refractivity contribution in [3.63, 3.8) is 0 Å². The molecule has 1 saturated heterocycles. The van der Waals surface area contributed by atoms with Crippen LogP contribution in [0.15, 0.2) is 24.5 Å². The number of hydrogen-bond acceptors (Lipinski definition) is 4. The molecule has 128 valence electrons. The summed E-state index contributed by atoms with van der Waals surface area (Å²) in [7, 11) is 2.05. The highest BCUT2D eigenvalue weighted by atomic mass is 16.2. The van der Waals surface area contributed by atoms with Gasteiger partial charge < -0.3 is 10.6 Å². The first-order valence-corrected chi connectivity index (χ1v) is 8.66. The van der Waals surface area contributed by atoms with Crippen molar-refractivity contribution >= 4 is 5.91 Å². The Morgan fingerprint density at radius 3 is 2.78 bits per heavy atom. The minimum Gasteiger partial charge on any atom is -0.348 e. The summed E-state index contributed by atoms with van der Waals surface area (Å²) in [5.74, 6) is 0.614. The van der Waals surface area contributed by atoms with Crippen molar-refractivity contribution in [2.75, 3.05) is 26.7 Å². The van der Waals surface area contributed by atoms with Gasteiger partial charge in [-0.1, -0.05) is 19.9 Å². The predicted molar refractivity (Wildman–Crippen MR) is 93.1 cm³/mol. The molecule has 5 heteroatoms. The Bertz CT molecular complexity index is 471. The fourth-order valence-electron chi connectivity index (χ4n) is 3.17. The van der Waals surface area contributed by atoms with E-state index < -0.39 is 0 Å². The average molecular weight is 318 g/mol. The molecule has 0 bridgehead atoms. The molecule has 0 unspecified atom stereocenters. The number of carbonyl (C=O) groups is 1. The highest BCUT2D eigenvalue weighted by molar-refractivity contribution is 5.78. The number of amides is 1. The van der Waals surface area contributed by atoms with E-state index in [1.54, 1.807) is 6.20 Å². The normalized spacial score (nSPS) is 17.4. The minimum absolute atomic E-state index is 0.0395. The molecule has 0 radical (unpaired) electrons. The lowest BCUT2D eigenvalue weighted by Gasteiger charge is -2.31. The number of nitrogens with one attached hydrogen (secondary N) is 2. The monoisotopic (exact) mass is 318 g/mol. The first-order chi connectivity index (χ1) is 11.1. The number of pyridine rings is 1. The summed E-state index contributed by atoms with van der Waals surface area (Å²) < 4.78 is 0. The molecule has 0 spiro atoms. The van der Waals surface area contributed by atoms with Crippen molar-refractivity contribution in [2.45, 2.75) is 45.2 Å². The third-order valence-corrected chi connectivity index (χ3v) is 4.45. The summed E-state index contributed by atoms with van der Waals surface area (Å²) in [5, 5.41) is 6.56. The molecule has 1 atom stereocenters. The van der Waals surface area contributed by atoms with E-state index in [4.69, 9.17) is 0 Å². The van der Waals surface area contributed by atoms with Crippen LogP contribution in [0.4, 0.5) is 0 Å². The van der Waals surface area contributed by atoms with Gasteiger partial charge >= 0.3 is 0 Å². The Morgan fingerprint density at radius 1 is 1.43 bits per heavy atom. The van der Waals surface area contributed by atoms with Crippen LogP contribution >= 0.6 is 0 Å². The highest BCUT2D eigenvalue weighted by Gasteiger charge is 2.22. The largest absolute Gasteiger partial charge is 0.348 e. The summed E-state index contributed by atoms with van der Waals surface area (Å²) in [4.78, 5) is 18.8. The molecule has 2 heterocycles.